The molecule has 6 aromatic rings. The van der Waals surface area contributed by atoms with Gasteiger partial charge in [-0.15, -0.1) is 0 Å². The van der Waals surface area contributed by atoms with Crippen molar-refractivity contribution in [2.45, 2.75) is 163 Å². The summed E-state index contributed by atoms with van der Waals surface area (Å²) in [6, 6.07) is 4.28. The summed E-state index contributed by atoms with van der Waals surface area (Å²) in [5.41, 5.74) is 10.4. The van der Waals surface area contributed by atoms with E-state index in [1.807, 2.05) is 13.8 Å². The normalized spacial score (nSPS) is 27.1. The number of anilines is 1. The van der Waals surface area contributed by atoms with E-state index in [2.05, 4.69) is 69.0 Å². The number of nitrogens with one attached hydrogen (secondary N) is 12. The number of carbonyl (C=O) groups is 9. The number of phenols is 3. The van der Waals surface area contributed by atoms with E-state index in [4.69, 9.17) is 80.6 Å². The number of phenolic OH excluding ortho intramolecular Hbond substituents is 3. The van der Waals surface area contributed by atoms with Crippen molar-refractivity contribution in [3.8, 4) is 57.1 Å². The number of urea groups is 1. The lowest BCUT2D eigenvalue weighted by atomic mass is 9.85. The highest BCUT2D eigenvalue weighted by Gasteiger charge is 2.52. The second kappa shape index (κ2) is 39.9. The Morgan fingerprint density at radius 1 is 0.694 bits per heavy atom. The summed E-state index contributed by atoms with van der Waals surface area (Å²) >= 11 is 26.7. The van der Waals surface area contributed by atoms with Gasteiger partial charge in [0.25, 0.3) is 5.91 Å². The average molecular weight is 1810 g/mol. The number of hydrazine groups is 2. The number of primary amides is 1. The van der Waals surface area contributed by atoms with E-state index in [0.29, 0.717) is 48.5 Å². The molecule has 43 heteroatoms. The molecule has 18 atom stereocenters. The van der Waals surface area contributed by atoms with Gasteiger partial charge in [-0.05, 0) is 134 Å². The lowest BCUT2D eigenvalue weighted by Crippen LogP contribution is -2.66. The number of piperazine rings is 1. The lowest BCUT2D eigenvalue weighted by molar-refractivity contribution is -0.334. The minimum absolute atomic E-state index is 0.110. The zero-order valence-corrected chi connectivity index (χ0v) is 70.6. The molecule has 23 N–H and O–H groups in total. The van der Waals surface area contributed by atoms with Crippen molar-refractivity contribution in [2.24, 2.45) is 11.7 Å². The number of benzene rings is 6. The van der Waals surface area contributed by atoms with Crippen LogP contribution >= 0.6 is 46.4 Å². The summed E-state index contributed by atoms with van der Waals surface area (Å²) in [6.45, 7) is 10.3. The number of rotatable bonds is 21. The first-order valence-corrected chi connectivity index (χ1v) is 41.2. The molecule has 0 spiro atoms. The van der Waals surface area contributed by atoms with Gasteiger partial charge in [0.05, 0.1) is 41.3 Å². The second-order valence-corrected chi connectivity index (χ2v) is 33.0. The highest BCUT2D eigenvalue weighted by atomic mass is 35.5. The summed E-state index contributed by atoms with van der Waals surface area (Å²) < 4.78 is 39.6. The predicted octanol–water partition coefficient (Wildman–Crippen LogP) is 1.95. The van der Waals surface area contributed by atoms with E-state index in [1.54, 1.807) is 37.9 Å². The molecule has 3 saturated heterocycles. The monoisotopic (exact) mass is 1800 g/mol. The third-order valence-corrected chi connectivity index (χ3v) is 22.9. The fourth-order valence-corrected chi connectivity index (χ4v) is 16.4. The number of carbonyl (C=O) groups excluding carboxylic acids is 9. The number of ether oxygens (including phenoxy) is 6. The number of aromatic hydroxyl groups is 3. The Labute approximate surface area is 729 Å². The molecule has 10 amide bonds. The molecule has 0 aromatic heterocycles. The van der Waals surface area contributed by atoms with Gasteiger partial charge in [0.2, 0.25) is 53.4 Å². The van der Waals surface area contributed by atoms with Crippen molar-refractivity contribution in [1.82, 2.24) is 68.7 Å². The van der Waals surface area contributed by atoms with E-state index in [-0.39, 0.29) is 70.6 Å². The molecule has 8 aliphatic rings. The SMILES string of the molecule is CCNNC(=O)[C@@H]1NC(=O)C2NC(=O)C(NC(=O)C3NC(=O)C(CC(N)=O)NC(=O)C(NC(=O)C(CC(C)C)NC)C(O)c4ccc(c(Cl)c4)Oc4cc3cc(c4OC3OC(CO)C(O)C(O)C3OC3C[C@@](C)(NCCN4CCN(NC(=O)Nc5cc(Cl)cc(Cl)c5)CC4)C(O)C(C)O3)Oc3ccc(cc3Cl)C2O)c2ccc(O)c(c2)-c2c(O)cc(O)cc21. The summed E-state index contributed by atoms with van der Waals surface area (Å²) in [4.78, 5) is 135. The molecule has 16 unspecified atom stereocenters. The van der Waals surface area contributed by atoms with Crippen LogP contribution < -0.4 is 84.1 Å². The summed E-state index contributed by atoms with van der Waals surface area (Å²) in [7, 11) is 1.48. The highest BCUT2D eigenvalue weighted by Crippen LogP contribution is 2.50. The maximum Gasteiger partial charge on any atom is 0.333 e. The Hall–Kier alpha value is -10.3. The topological polar surface area (TPSA) is 568 Å². The maximum absolute atomic E-state index is 16.3. The van der Waals surface area contributed by atoms with Crippen molar-refractivity contribution in [2.75, 3.05) is 64.8 Å². The molecular formula is C81H97Cl4N15O24. The molecule has 3 fully saturated rings. The Morgan fingerprint density at radius 2 is 1.32 bits per heavy atom. The Balaban J connectivity index is 0.983. The van der Waals surface area contributed by atoms with Crippen molar-refractivity contribution >= 4 is 105 Å². The van der Waals surface area contributed by atoms with Crippen LogP contribution in [0.3, 0.4) is 0 Å². The Morgan fingerprint density at radius 3 is 1.94 bits per heavy atom. The fraction of sp³-hybridized carbons (Fsp3) is 0.444. The van der Waals surface area contributed by atoms with Gasteiger partial charge in [0, 0.05) is 90.7 Å². The molecule has 0 saturated carbocycles. The molecule has 124 heavy (non-hydrogen) atoms. The molecule has 0 radical (unpaired) electrons. The standard InChI is InChI=1S/C81H97Cl4N15O24/c1-7-89-97-78(117)62-45-29-43(102)30-51(104)59(45)44-21-36(8-11-50(44)103)60-74(113)96-64(77(116)94-62)66(107)38-10-13-53(47(85)23-38)121-55-25-39-24-54(120-52-12-9-37(22-46(52)84)65(106)63(95-72(111)48(87-6)20-34(2)3)76(115)91-49(31-57(86)105)73(112)92-61(39)75(114)93-60)69(55)124-79-70(68(109)67(108)56(33-101)122-79)123-58-32-81(5,71(110)35(4)119-58)88-14-15-99-16-18-100(19-17-99)98-80(118)90-42-27-40(82)26-41(83)28-42/h8-13,21-30,34-35,48-49,56,58,60-68,70-71,79,87-89,101-104,106-110H,7,14-20,31-33H2,1-6H3,(H2,86,105)(H,91,115)(H,92,112)(H,93,114)(H,94,116)(H,95,111)(H,96,113)(H,97,117)(H2,90,98,118)/t35?,48?,49?,56?,58?,60?,61?,62-,63?,64?,65?,66?,67?,68?,70?,71?,79?,81-/m1/s1. The van der Waals surface area contributed by atoms with Crippen LogP contribution in [-0.2, 0) is 52.6 Å². The second-order valence-electron chi connectivity index (χ2n) is 31.3. The number of fused-ring (bicyclic) bond motifs is 15. The first kappa shape index (κ1) is 92.9. The van der Waals surface area contributed by atoms with Crippen LogP contribution in [-0.4, -0.2) is 248 Å². The minimum atomic E-state index is -2.36. The molecule has 8 heterocycles. The predicted molar refractivity (Wildman–Crippen MR) is 444 cm³/mol. The first-order valence-electron chi connectivity index (χ1n) is 39.6. The van der Waals surface area contributed by atoms with Gasteiger partial charge in [-0.25, -0.2) is 15.2 Å². The zero-order chi connectivity index (χ0) is 89.6. The lowest BCUT2D eigenvalue weighted by Gasteiger charge is -2.48. The van der Waals surface area contributed by atoms with Gasteiger partial charge in [0.15, 0.2) is 23.9 Å². The minimum Gasteiger partial charge on any atom is -0.508 e. The first-order chi connectivity index (χ1) is 58.9. The van der Waals surface area contributed by atoms with Gasteiger partial charge < -0.3 is 128 Å². The molecule has 11 bridgehead atoms. The van der Waals surface area contributed by atoms with E-state index < -0.39 is 232 Å². The van der Waals surface area contributed by atoms with Crippen LogP contribution in [0.15, 0.2) is 97.1 Å². The van der Waals surface area contributed by atoms with Crippen molar-refractivity contribution in [3.63, 3.8) is 0 Å². The van der Waals surface area contributed by atoms with Crippen LogP contribution in [0.1, 0.15) is 112 Å². The van der Waals surface area contributed by atoms with Crippen LogP contribution in [0.4, 0.5) is 10.5 Å². The number of aliphatic hydroxyl groups is 6. The van der Waals surface area contributed by atoms with E-state index >= 15 is 24.0 Å². The van der Waals surface area contributed by atoms with Crippen LogP contribution in [0.25, 0.3) is 11.1 Å². The van der Waals surface area contributed by atoms with Crippen molar-refractivity contribution in [3.05, 3.63) is 145 Å². The third-order valence-electron chi connectivity index (χ3n) is 21.8. The number of nitrogens with two attached hydrogens (primary N) is 1. The summed E-state index contributed by atoms with van der Waals surface area (Å²) in [6.07, 6.45) is -18.7. The van der Waals surface area contributed by atoms with Crippen LogP contribution in [0.2, 0.25) is 20.1 Å². The number of hydrogen-bond acceptors (Lipinski definition) is 29. The smallest absolute Gasteiger partial charge is 0.333 e. The molecule has 668 valence electrons. The molecule has 8 aliphatic heterocycles. The Kier molecular flexibility index (Phi) is 29.9. The number of halogens is 4. The average Bonchev–Trinajstić information content (AvgIpc) is 0.765. The van der Waals surface area contributed by atoms with Gasteiger partial charge in [-0.3, -0.25) is 54.1 Å². The van der Waals surface area contributed by atoms with E-state index in [9.17, 15) is 65.1 Å². The molecule has 0 aliphatic carbocycles. The van der Waals surface area contributed by atoms with E-state index in [0.717, 1.165) is 60.7 Å². The van der Waals surface area contributed by atoms with Crippen LogP contribution in [0, 0.1) is 5.92 Å². The van der Waals surface area contributed by atoms with Gasteiger partial charge in [-0.1, -0.05) is 85.4 Å². The third kappa shape index (κ3) is 21.5. The van der Waals surface area contributed by atoms with Gasteiger partial charge in [0.1, 0.15) is 95.5 Å². The molecule has 39 nitrogen and oxygen atoms in total. The van der Waals surface area contributed by atoms with Crippen molar-refractivity contribution in [1.29, 1.82) is 0 Å². The van der Waals surface area contributed by atoms with E-state index in [1.165, 1.54) is 31.3 Å². The molecule has 14 rings (SSSR count). The zero-order valence-electron chi connectivity index (χ0n) is 67.5. The van der Waals surface area contributed by atoms with Gasteiger partial charge in [-0.2, -0.15) is 0 Å². The number of hydrogen-bond donors (Lipinski definition) is 22. The van der Waals surface area contributed by atoms with Gasteiger partial charge >= 0.3 is 6.03 Å². The van der Waals surface area contributed by atoms with Crippen LogP contribution in [0.5, 0.6) is 46.0 Å². The molecule has 6 aromatic carbocycles. The highest BCUT2D eigenvalue weighted by molar-refractivity contribution is 6.35. The number of amides is 10. The summed E-state index contributed by atoms with van der Waals surface area (Å²) in [5, 5.41) is 132. The molecular weight excluding hydrogens is 1710 g/mol. The number of aliphatic hydroxyl groups excluding tert-OH is 6. The van der Waals surface area contributed by atoms with Crippen molar-refractivity contribution < 1.29 is 118 Å². The summed E-state index contributed by atoms with van der Waals surface area (Å²) in [5.74, 6) is -14.9. The Bertz CT molecular complexity index is 5000. The largest absolute Gasteiger partial charge is 0.508 e. The number of likely N-dealkylation sites (N-methyl/N-ethyl adjacent to an activating group) is 1. The fourth-order valence-electron chi connectivity index (χ4n) is 15.4. The quantitative estimate of drug-likeness (QED) is 0.0458. The maximum atomic E-state index is 16.3. The number of nitrogens with zero attached hydrogens (tertiary/aromatic N) is 2.